The lowest BCUT2D eigenvalue weighted by Crippen LogP contribution is -2.37. The van der Waals surface area contributed by atoms with Crippen molar-refractivity contribution < 1.29 is 29.0 Å². The van der Waals surface area contributed by atoms with E-state index in [9.17, 15) is 14.4 Å². The fourth-order valence-electron chi connectivity index (χ4n) is 3.87. The molecule has 2 aromatic heterocycles. The first-order valence-electron chi connectivity index (χ1n) is 12.1. The predicted octanol–water partition coefficient (Wildman–Crippen LogP) is 4.35. The maximum Gasteiger partial charge on any atom is 0.354 e. The topological polar surface area (TPSA) is 136 Å². The van der Waals surface area contributed by atoms with Crippen molar-refractivity contribution in [3.8, 4) is 11.8 Å². The summed E-state index contributed by atoms with van der Waals surface area (Å²) in [6.45, 7) is -0.292. The molecule has 13 heteroatoms. The first-order valence-corrected chi connectivity index (χ1v) is 12.9. The monoisotopic (exact) mass is 597 g/mol. The number of nitrogens with one attached hydrogen (secondary N) is 1. The van der Waals surface area contributed by atoms with E-state index in [4.69, 9.17) is 37.8 Å². The molecule has 0 spiro atoms. The average molecular weight is 598 g/mol. The number of carboxylic acid groups (broad SMARTS) is 1. The van der Waals surface area contributed by atoms with Gasteiger partial charge in [-0.2, -0.15) is 4.98 Å². The van der Waals surface area contributed by atoms with Crippen LogP contribution >= 0.6 is 23.2 Å². The van der Waals surface area contributed by atoms with Crippen molar-refractivity contribution in [1.29, 1.82) is 0 Å². The minimum absolute atomic E-state index is 0.00930. The molecule has 0 radical (unpaired) electrons. The molecule has 212 valence electrons. The third-order valence-electron chi connectivity index (χ3n) is 6.14. The lowest BCUT2D eigenvalue weighted by molar-refractivity contribution is -0.122. The number of para-hydroxylation sites is 1. The molecule has 0 fully saturated rings. The van der Waals surface area contributed by atoms with Crippen molar-refractivity contribution in [3.05, 3.63) is 81.6 Å². The number of hydrogen-bond donors (Lipinski definition) is 2. The number of amides is 2. The van der Waals surface area contributed by atoms with Gasteiger partial charge in [0.05, 0.1) is 29.9 Å². The van der Waals surface area contributed by atoms with Crippen molar-refractivity contribution >= 4 is 63.8 Å². The Morgan fingerprint density at radius 2 is 1.93 bits per heavy atom. The number of ether oxygens (including phenoxy) is 2. The van der Waals surface area contributed by atoms with Gasteiger partial charge in [0.15, 0.2) is 0 Å². The number of nitrogens with zero attached hydrogens (tertiary/aromatic N) is 4. The van der Waals surface area contributed by atoms with Crippen LogP contribution in [-0.2, 0) is 23.2 Å². The fourth-order valence-corrected chi connectivity index (χ4v) is 4.48. The number of pyridine rings is 1. The molecule has 2 heterocycles. The van der Waals surface area contributed by atoms with Gasteiger partial charge in [-0.15, -0.1) is 0 Å². The second kappa shape index (κ2) is 12.7. The number of halogens is 2. The van der Waals surface area contributed by atoms with Crippen LogP contribution in [0.1, 0.15) is 21.6 Å². The number of benzene rings is 2. The van der Waals surface area contributed by atoms with Gasteiger partial charge in [-0.3, -0.25) is 14.2 Å². The lowest BCUT2D eigenvalue weighted by atomic mass is 10.2. The summed E-state index contributed by atoms with van der Waals surface area (Å²) < 4.78 is 13.1. The quantitative estimate of drug-likeness (QED) is 0.257. The fraction of sp³-hybridized carbons (Fsp3) is 0.179. The van der Waals surface area contributed by atoms with Crippen LogP contribution in [0.15, 0.2) is 54.7 Å². The number of aromatic carboxylic acids is 1. The van der Waals surface area contributed by atoms with Gasteiger partial charge in [0, 0.05) is 37.0 Å². The van der Waals surface area contributed by atoms with E-state index in [1.54, 1.807) is 22.8 Å². The Labute approximate surface area is 244 Å². The minimum atomic E-state index is -1.15. The Kier molecular flexibility index (Phi) is 9.10. The van der Waals surface area contributed by atoms with Crippen molar-refractivity contribution in [2.24, 2.45) is 7.05 Å². The highest BCUT2D eigenvalue weighted by Crippen LogP contribution is 2.35. The number of likely N-dealkylation sites (N-methyl/N-ethyl adjacent to an activating group) is 1. The number of rotatable bonds is 10. The van der Waals surface area contributed by atoms with Crippen LogP contribution in [0.4, 0.5) is 5.69 Å². The summed E-state index contributed by atoms with van der Waals surface area (Å²) in [6, 6.07) is 12.0. The summed E-state index contributed by atoms with van der Waals surface area (Å²) >= 11 is 13.1. The second-order valence-corrected chi connectivity index (χ2v) is 9.50. The van der Waals surface area contributed by atoms with Crippen molar-refractivity contribution in [1.82, 2.24) is 19.9 Å². The zero-order valence-electron chi connectivity index (χ0n) is 22.2. The third kappa shape index (κ3) is 6.59. The molecule has 0 aliphatic heterocycles. The van der Waals surface area contributed by atoms with Crippen molar-refractivity contribution in [3.63, 3.8) is 0 Å². The van der Waals surface area contributed by atoms with Gasteiger partial charge in [0.2, 0.25) is 11.8 Å². The molecule has 0 bridgehead atoms. The van der Waals surface area contributed by atoms with E-state index in [0.717, 1.165) is 5.52 Å². The number of hydrogen-bond acceptors (Lipinski definition) is 7. The summed E-state index contributed by atoms with van der Waals surface area (Å²) in [7, 11) is 4.90. The molecule has 2 aromatic carbocycles. The number of carbonyl (C=O) groups is 3. The Morgan fingerprint density at radius 1 is 1.15 bits per heavy atom. The van der Waals surface area contributed by atoms with Crippen LogP contribution in [-0.4, -0.2) is 58.1 Å². The molecule has 0 aliphatic carbocycles. The Hall–Kier alpha value is -4.61. The first-order chi connectivity index (χ1) is 19.6. The Balaban J connectivity index is 1.41. The number of methoxy groups -OCH3 is 1. The van der Waals surface area contributed by atoms with Crippen LogP contribution < -0.4 is 19.7 Å². The average Bonchev–Trinajstić information content (AvgIpc) is 3.30. The summed E-state index contributed by atoms with van der Waals surface area (Å²) in [6.07, 6.45) is 3.99. The van der Waals surface area contributed by atoms with Crippen LogP contribution in [0.3, 0.4) is 0 Å². The van der Waals surface area contributed by atoms with Crippen molar-refractivity contribution in [2.45, 2.75) is 6.61 Å². The Bertz CT molecular complexity index is 1650. The van der Waals surface area contributed by atoms with Gasteiger partial charge in [-0.05, 0) is 42.0 Å². The molecule has 0 saturated carbocycles. The summed E-state index contributed by atoms with van der Waals surface area (Å²) in [4.78, 5) is 45.5. The van der Waals surface area contributed by atoms with E-state index in [1.807, 2.05) is 19.2 Å². The van der Waals surface area contributed by atoms with Crippen LogP contribution in [0, 0.1) is 0 Å². The van der Waals surface area contributed by atoms with Crippen LogP contribution in [0.5, 0.6) is 11.8 Å². The van der Waals surface area contributed by atoms with Gasteiger partial charge >= 0.3 is 5.97 Å². The van der Waals surface area contributed by atoms with Gasteiger partial charge in [-0.25, -0.2) is 9.78 Å². The van der Waals surface area contributed by atoms with Gasteiger partial charge in [-0.1, -0.05) is 35.3 Å². The molecule has 0 saturated heterocycles. The van der Waals surface area contributed by atoms with Gasteiger partial charge in [0.25, 0.3) is 6.01 Å². The van der Waals surface area contributed by atoms with E-state index in [0.29, 0.717) is 39.1 Å². The van der Waals surface area contributed by atoms with Crippen LogP contribution in [0.25, 0.3) is 17.1 Å². The summed E-state index contributed by atoms with van der Waals surface area (Å²) in [5, 5.41) is 12.0. The largest absolute Gasteiger partial charge is 0.486 e. The molecule has 0 atom stereocenters. The number of aromatic nitrogens is 3. The Morgan fingerprint density at radius 3 is 2.61 bits per heavy atom. The van der Waals surface area contributed by atoms with Gasteiger partial charge < -0.3 is 24.8 Å². The molecular formula is C28H25Cl2N5O6. The third-order valence-corrected chi connectivity index (χ3v) is 6.91. The first kappa shape index (κ1) is 29.4. The van der Waals surface area contributed by atoms with Crippen LogP contribution in [0.2, 0.25) is 10.0 Å². The maximum atomic E-state index is 12.8. The molecule has 0 unspecified atom stereocenters. The van der Waals surface area contributed by atoms with Gasteiger partial charge in [0.1, 0.15) is 23.6 Å². The highest BCUT2D eigenvalue weighted by molar-refractivity contribution is 6.38. The number of fused-ring (bicyclic) bond motifs is 1. The highest BCUT2D eigenvalue weighted by Gasteiger charge is 2.20. The van der Waals surface area contributed by atoms with E-state index < -0.39 is 17.8 Å². The zero-order valence-corrected chi connectivity index (χ0v) is 23.7. The highest BCUT2D eigenvalue weighted by atomic mass is 35.5. The molecular weight excluding hydrogens is 573 g/mol. The van der Waals surface area contributed by atoms with E-state index >= 15 is 0 Å². The van der Waals surface area contributed by atoms with Crippen molar-refractivity contribution in [2.75, 3.05) is 25.6 Å². The maximum absolute atomic E-state index is 12.8. The minimum Gasteiger partial charge on any atom is -0.486 e. The SMILES string of the molecule is COc1nc2c(OCc3c(Cl)ccc(N(C)C(=O)CNC(=O)C=Cc4ccc(C(=O)O)nc4)c3Cl)cccc2n1C. The number of carboxylic acids is 1. The number of carbonyl (C=O) groups excluding carboxylic acids is 2. The molecule has 2 N–H and O–H groups in total. The molecule has 2 amide bonds. The number of imidazole rings is 1. The number of aryl methyl sites for hydroxylation is 1. The smallest absolute Gasteiger partial charge is 0.354 e. The van der Waals surface area contributed by atoms with E-state index in [-0.39, 0.29) is 23.9 Å². The molecule has 0 aliphatic rings. The molecule has 41 heavy (non-hydrogen) atoms. The number of anilines is 1. The predicted molar refractivity (Wildman–Crippen MR) is 155 cm³/mol. The van der Waals surface area contributed by atoms with E-state index in [1.165, 1.54) is 49.5 Å². The molecule has 4 rings (SSSR count). The second-order valence-electron chi connectivity index (χ2n) is 8.71. The van der Waals surface area contributed by atoms with E-state index in [2.05, 4.69) is 15.3 Å². The summed E-state index contributed by atoms with van der Waals surface area (Å²) in [5.74, 6) is -1.59. The summed E-state index contributed by atoms with van der Waals surface area (Å²) in [5.41, 5.74) is 2.70. The molecule has 11 nitrogen and oxygen atoms in total. The lowest BCUT2D eigenvalue weighted by Gasteiger charge is -2.21. The standard InChI is InChI=1S/C28H25Cl2N5O6/c1-34(24(37)14-32-23(36)12-8-16-7-10-19(27(38)39)31-13-16)20-11-9-18(29)17(25(20)30)15-41-22-6-4-5-21-26(22)33-28(40-3)35(21)2/h4-13H,14-15H2,1-3H3,(H,32,36)(H,38,39). The molecule has 4 aromatic rings. The zero-order chi connectivity index (χ0) is 29.7. The normalized spacial score (nSPS) is 11.0.